The van der Waals surface area contributed by atoms with E-state index >= 15 is 0 Å². The van der Waals surface area contributed by atoms with E-state index in [2.05, 4.69) is 5.48 Å². The van der Waals surface area contributed by atoms with Gasteiger partial charge < -0.3 is 9.47 Å². The quantitative estimate of drug-likeness (QED) is 0.643. The second-order valence-electron chi connectivity index (χ2n) is 2.34. The SMILES string of the molecule is CCOC(=O)C1=CC(OCC)ON1. The molecule has 1 heterocycles. The zero-order valence-electron chi connectivity index (χ0n) is 7.70. The van der Waals surface area contributed by atoms with Gasteiger partial charge in [-0.25, -0.2) is 9.63 Å². The van der Waals surface area contributed by atoms with E-state index in [0.717, 1.165) is 0 Å². The molecule has 0 saturated heterocycles. The fourth-order valence-corrected chi connectivity index (χ4v) is 0.891. The Morgan fingerprint density at radius 3 is 3.00 bits per heavy atom. The van der Waals surface area contributed by atoms with Gasteiger partial charge in [0.25, 0.3) is 0 Å². The largest absolute Gasteiger partial charge is 0.461 e. The van der Waals surface area contributed by atoms with E-state index in [1.54, 1.807) is 13.0 Å². The van der Waals surface area contributed by atoms with Gasteiger partial charge in [-0.3, -0.25) is 5.48 Å². The maximum atomic E-state index is 11.1. The highest BCUT2D eigenvalue weighted by Gasteiger charge is 2.21. The molecule has 1 aliphatic heterocycles. The molecule has 0 aliphatic carbocycles. The van der Waals surface area contributed by atoms with Crippen molar-refractivity contribution in [1.82, 2.24) is 5.48 Å². The normalized spacial score (nSPS) is 20.8. The molecule has 0 aromatic carbocycles. The minimum atomic E-state index is -0.496. The molecule has 0 radical (unpaired) electrons. The number of hydroxylamine groups is 1. The molecule has 1 aliphatic rings. The third kappa shape index (κ3) is 2.71. The number of carbonyl (C=O) groups excluding carboxylic acids is 1. The number of nitrogens with one attached hydrogen (secondary N) is 1. The zero-order valence-corrected chi connectivity index (χ0v) is 7.70. The minimum Gasteiger partial charge on any atom is -0.461 e. The number of hydrogen-bond acceptors (Lipinski definition) is 5. The van der Waals surface area contributed by atoms with Gasteiger partial charge >= 0.3 is 5.97 Å². The Hall–Kier alpha value is -1.07. The molecule has 1 unspecified atom stereocenters. The summed E-state index contributed by atoms with van der Waals surface area (Å²) < 4.78 is 9.84. The second kappa shape index (κ2) is 4.84. The molecule has 0 bridgehead atoms. The van der Waals surface area contributed by atoms with Crippen LogP contribution in [0.5, 0.6) is 0 Å². The molecule has 0 spiro atoms. The van der Waals surface area contributed by atoms with Gasteiger partial charge in [0.05, 0.1) is 6.61 Å². The topological polar surface area (TPSA) is 56.8 Å². The molecule has 74 valence electrons. The molecule has 5 heteroatoms. The van der Waals surface area contributed by atoms with Gasteiger partial charge in [0, 0.05) is 12.7 Å². The minimum absolute atomic E-state index is 0.292. The van der Waals surface area contributed by atoms with Gasteiger partial charge in [-0.15, -0.1) is 0 Å². The summed E-state index contributed by atoms with van der Waals surface area (Å²) in [5.74, 6) is -0.426. The van der Waals surface area contributed by atoms with Crippen LogP contribution in [0.3, 0.4) is 0 Å². The Labute approximate surface area is 76.6 Å². The molecule has 1 rings (SSSR count). The van der Waals surface area contributed by atoms with Gasteiger partial charge in [0.2, 0.25) is 6.29 Å². The first-order chi connectivity index (χ1) is 6.27. The van der Waals surface area contributed by atoms with E-state index in [1.807, 2.05) is 6.92 Å². The van der Waals surface area contributed by atoms with Crippen LogP contribution < -0.4 is 5.48 Å². The van der Waals surface area contributed by atoms with Crippen LogP contribution in [-0.4, -0.2) is 25.5 Å². The van der Waals surface area contributed by atoms with Crippen molar-refractivity contribution >= 4 is 5.97 Å². The highest BCUT2D eigenvalue weighted by atomic mass is 16.8. The number of esters is 1. The highest BCUT2D eigenvalue weighted by Crippen LogP contribution is 2.08. The Bertz CT molecular complexity index is 214. The van der Waals surface area contributed by atoms with Crippen LogP contribution in [0.25, 0.3) is 0 Å². The average Bonchev–Trinajstić information content (AvgIpc) is 2.54. The molecule has 0 aromatic heterocycles. The Kier molecular flexibility index (Phi) is 3.72. The van der Waals surface area contributed by atoms with Crippen molar-refractivity contribution in [3.8, 4) is 0 Å². The van der Waals surface area contributed by atoms with E-state index in [4.69, 9.17) is 14.3 Å². The van der Waals surface area contributed by atoms with Crippen LogP contribution in [0, 0.1) is 0 Å². The van der Waals surface area contributed by atoms with Crippen molar-refractivity contribution in [3.63, 3.8) is 0 Å². The van der Waals surface area contributed by atoms with Crippen LogP contribution in [0.2, 0.25) is 0 Å². The lowest BCUT2D eigenvalue weighted by atomic mass is 10.4. The molecule has 13 heavy (non-hydrogen) atoms. The average molecular weight is 187 g/mol. The van der Waals surface area contributed by atoms with Gasteiger partial charge in [0.15, 0.2) is 0 Å². The number of rotatable bonds is 4. The first-order valence-corrected chi connectivity index (χ1v) is 4.20. The fraction of sp³-hybridized carbons (Fsp3) is 0.625. The smallest absolute Gasteiger partial charge is 0.356 e. The lowest BCUT2D eigenvalue weighted by molar-refractivity contribution is -0.144. The molecule has 1 N–H and O–H groups in total. The van der Waals surface area contributed by atoms with Crippen molar-refractivity contribution in [2.24, 2.45) is 0 Å². The number of ether oxygens (including phenoxy) is 2. The predicted octanol–water partition coefficient (Wildman–Crippen LogP) is 0.331. The third-order valence-corrected chi connectivity index (χ3v) is 1.41. The molecule has 5 nitrogen and oxygen atoms in total. The van der Waals surface area contributed by atoms with Crippen molar-refractivity contribution < 1.29 is 19.1 Å². The molecule has 0 fully saturated rings. The molecular formula is C8H13NO4. The summed E-state index contributed by atoms with van der Waals surface area (Å²) in [4.78, 5) is 16.0. The highest BCUT2D eigenvalue weighted by molar-refractivity contribution is 5.87. The van der Waals surface area contributed by atoms with Crippen LogP contribution in [0.15, 0.2) is 11.8 Å². The van der Waals surface area contributed by atoms with E-state index in [0.29, 0.717) is 18.9 Å². The Balaban J connectivity index is 2.43. The van der Waals surface area contributed by atoms with Crippen LogP contribution in [0.1, 0.15) is 13.8 Å². The lowest BCUT2D eigenvalue weighted by Crippen LogP contribution is -2.19. The summed E-state index contributed by atoms with van der Waals surface area (Å²) in [6.45, 7) is 4.46. The summed E-state index contributed by atoms with van der Waals surface area (Å²) in [6.07, 6.45) is 1.05. The first kappa shape index (κ1) is 10.0. The summed E-state index contributed by atoms with van der Waals surface area (Å²) >= 11 is 0. The molecule has 0 amide bonds. The van der Waals surface area contributed by atoms with Crippen molar-refractivity contribution in [2.45, 2.75) is 20.1 Å². The monoisotopic (exact) mass is 187 g/mol. The van der Waals surface area contributed by atoms with E-state index in [-0.39, 0.29) is 0 Å². The Morgan fingerprint density at radius 2 is 2.38 bits per heavy atom. The summed E-state index contributed by atoms with van der Waals surface area (Å²) in [5.41, 5.74) is 2.73. The van der Waals surface area contributed by atoms with Crippen LogP contribution in [0.4, 0.5) is 0 Å². The number of hydrogen-bond donors (Lipinski definition) is 1. The van der Waals surface area contributed by atoms with E-state index < -0.39 is 12.3 Å². The fourth-order valence-electron chi connectivity index (χ4n) is 0.891. The predicted molar refractivity (Wildman–Crippen MR) is 44.4 cm³/mol. The van der Waals surface area contributed by atoms with Crippen LogP contribution >= 0.6 is 0 Å². The summed E-state index contributed by atoms with van der Waals surface area (Å²) in [6, 6.07) is 0. The molecule has 1 atom stereocenters. The third-order valence-electron chi connectivity index (χ3n) is 1.41. The van der Waals surface area contributed by atoms with Gasteiger partial charge in [0.1, 0.15) is 5.70 Å². The van der Waals surface area contributed by atoms with Crippen molar-refractivity contribution in [1.29, 1.82) is 0 Å². The Morgan fingerprint density at radius 1 is 1.62 bits per heavy atom. The maximum absolute atomic E-state index is 11.1. The maximum Gasteiger partial charge on any atom is 0.356 e. The lowest BCUT2D eigenvalue weighted by Gasteiger charge is -2.05. The summed E-state index contributed by atoms with van der Waals surface area (Å²) in [7, 11) is 0. The van der Waals surface area contributed by atoms with Crippen molar-refractivity contribution in [2.75, 3.05) is 13.2 Å². The van der Waals surface area contributed by atoms with Gasteiger partial charge in [-0.05, 0) is 13.8 Å². The van der Waals surface area contributed by atoms with Crippen LogP contribution in [-0.2, 0) is 19.1 Å². The first-order valence-electron chi connectivity index (χ1n) is 4.20. The van der Waals surface area contributed by atoms with Gasteiger partial charge in [-0.1, -0.05) is 0 Å². The van der Waals surface area contributed by atoms with Gasteiger partial charge in [-0.2, -0.15) is 0 Å². The number of carbonyl (C=O) groups is 1. The second-order valence-corrected chi connectivity index (χ2v) is 2.34. The zero-order chi connectivity index (χ0) is 9.68. The van der Waals surface area contributed by atoms with E-state index in [9.17, 15) is 4.79 Å². The molecule has 0 aromatic rings. The molecule has 0 saturated carbocycles. The molecular weight excluding hydrogens is 174 g/mol. The van der Waals surface area contributed by atoms with Crippen molar-refractivity contribution in [3.05, 3.63) is 11.8 Å². The standard InChI is InChI=1S/C8H13NO4/c1-3-11-7-5-6(9-13-7)8(10)12-4-2/h5,7,9H,3-4H2,1-2H3. The van der Waals surface area contributed by atoms with E-state index in [1.165, 1.54) is 0 Å². The summed E-state index contributed by atoms with van der Waals surface area (Å²) in [5, 5.41) is 0.